The van der Waals surface area contributed by atoms with E-state index in [0.29, 0.717) is 34.1 Å². The molecule has 0 bridgehead atoms. The standard InChI is InChI=1S/C31H27N3O7/c1-38-26-17-23(18-27(39-2)28(26)40-3)29(35)33-24-14-9-13-21(16-24)30(36)34-32-19-22-12-7-8-15-25(22)41-31(37)20-10-5-4-6-11-20/h4-19H,1-3H3,(H,33,35)(H,34,36). The van der Waals surface area contributed by atoms with Crippen LogP contribution in [0.1, 0.15) is 36.6 Å². The first-order valence-electron chi connectivity index (χ1n) is 12.3. The van der Waals surface area contributed by atoms with Gasteiger partial charge in [0.05, 0.1) is 33.1 Å². The zero-order valence-corrected chi connectivity index (χ0v) is 22.5. The summed E-state index contributed by atoms with van der Waals surface area (Å²) < 4.78 is 21.4. The number of nitrogens with zero attached hydrogens (tertiary/aromatic N) is 1. The number of benzene rings is 4. The Morgan fingerprint density at radius 1 is 0.659 bits per heavy atom. The van der Waals surface area contributed by atoms with Crippen molar-refractivity contribution in [2.24, 2.45) is 5.10 Å². The van der Waals surface area contributed by atoms with Gasteiger partial charge in [0.25, 0.3) is 11.8 Å². The lowest BCUT2D eigenvalue weighted by molar-refractivity contribution is 0.0734. The van der Waals surface area contributed by atoms with Gasteiger partial charge in [-0.25, -0.2) is 10.2 Å². The maximum absolute atomic E-state index is 12.9. The largest absolute Gasteiger partial charge is 0.493 e. The summed E-state index contributed by atoms with van der Waals surface area (Å²) in [5.41, 5.74) is 4.26. The van der Waals surface area contributed by atoms with Gasteiger partial charge < -0.3 is 24.3 Å². The average molecular weight is 554 g/mol. The number of esters is 1. The number of amides is 2. The molecule has 0 fully saturated rings. The van der Waals surface area contributed by atoms with Gasteiger partial charge in [0.2, 0.25) is 5.75 Å². The van der Waals surface area contributed by atoms with Gasteiger partial charge >= 0.3 is 5.97 Å². The Labute approximate surface area is 236 Å². The molecule has 0 heterocycles. The van der Waals surface area contributed by atoms with Gasteiger partial charge in [0, 0.05) is 22.4 Å². The summed E-state index contributed by atoms with van der Waals surface area (Å²) in [6, 6.07) is 24.8. The van der Waals surface area contributed by atoms with Crippen molar-refractivity contribution < 1.29 is 33.3 Å². The first-order chi connectivity index (χ1) is 19.9. The number of rotatable bonds is 10. The predicted molar refractivity (Wildman–Crippen MR) is 153 cm³/mol. The molecule has 0 aliphatic rings. The molecule has 0 atom stereocenters. The molecule has 10 heteroatoms. The predicted octanol–water partition coefficient (Wildman–Crippen LogP) is 4.95. The molecule has 0 saturated carbocycles. The molecule has 0 radical (unpaired) electrons. The number of hydrogen-bond acceptors (Lipinski definition) is 8. The Kier molecular flexibility index (Phi) is 9.29. The highest BCUT2D eigenvalue weighted by Gasteiger charge is 2.18. The van der Waals surface area contributed by atoms with Gasteiger partial charge in [-0.1, -0.05) is 36.4 Å². The maximum atomic E-state index is 12.9. The second-order valence-corrected chi connectivity index (χ2v) is 8.44. The van der Waals surface area contributed by atoms with Gasteiger partial charge in [0.15, 0.2) is 11.5 Å². The van der Waals surface area contributed by atoms with Crippen LogP contribution in [0.15, 0.2) is 96.1 Å². The molecule has 10 nitrogen and oxygen atoms in total. The van der Waals surface area contributed by atoms with E-state index in [-0.39, 0.29) is 16.9 Å². The van der Waals surface area contributed by atoms with E-state index in [0.717, 1.165) is 0 Å². The Balaban J connectivity index is 1.42. The van der Waals surface area contributed by atoms with Crippen LogP contribution in [0.4, 0.5) is 5.69 Å². The Hall–Kier alpha value is -5.64. The zero-order valence-electron chi connectivity index (χ0n) is 22.5. The van der Waals surface area contributed by atoms with Crippen molar-refractivity contribution in [1.82, 2.24) is 5.43 Å². The molecule has 41 heavy (non-hydrogen) atoms. The number of carbonyl (C=O) groups is 3. The van der Waals surface area contributed by atoms with Crippen LogP contribution in [0, 0.1) is 0 Å². The van der Waals surface area contributed by atoms with E-state index >= 15 is 0 Å². The molecule has 4 rings (SSSR count). The molecule has 208 valence electrons. The van der Waals surface area contributed by atoms with Crippen LogP contribution in [0.25, 0.3) is 0 Å². The van der Waals surface area contributed by atoms with Crippen LogP contribution in [0.5, 0.6) is 23.0 Å². The SMILES string of the molecule is COc1cc(C(=O)Nc2cccc(C(=O)NN=Cc3ccccc3OC(=O)c3ccccc3)c2)cc(OC)c1OC. The van der Waals surface area contributed by atoms with Crippen molar-refractivity contribution in [2.75, 3.05) is 26.6 Å². The average Bonchev–Trinajstić information content (AvgIpc) is 3.01. The molecule has 0 aliphatic carbocycles. The summed E-state index contributed by atoms with van der Waals surface area (Å²) >= 11 is 0. The van der Waals surface area contributed by atoms with E-state index in [9.17, 15) is 14.4 Å². The topological polar surface area (TPSA) is 125 Å². The van der Waals surface area contributed by atoms with Crippen molar-refractivity contribution in [3.63, 3.8) is 0 Å². The van der Waals surface area contributed by atoms with E-state index in [2.05, 4.69) is 15.8 Å². The summed E-state index contributed by atoms with van der Waals surface area (Å²) in [6.45, 7) is 0. The summed E-state index contributed by atoms with van der Waals surface area (Å²) in [7, 11) is 4.39. The van der Waals surface area contributed by atoms with Crippen molar-refractivity contribution in [2.45, 2.75) is 0 Å². The van der Waals surface area contributed by atoms with Crippen molar-refractivity contribution in [1.29, 1.82) is 0 Å². The number of hydrazone groups is 1. The number of carbonyl (C=O) groups excluding carboxylic acids is 3. The second-order valence-electron chi connectivity index (χ2n) is 8.44. The minimum absolute atomic E-state index is 0.258. The Morgan fingerprint density at radius 3 is 2.00 bits per heavy atom. The molecular formula is C31H27N3O7. The molecule has 0 saturated heterocycles. The van der Waals surface area contributed by atoms with E-state index in [1.807, 2.05) is 0 Å². The van der Waals surface area contributed by atoms with Gasteiger partial charge in [0.1, 0.15) is 5.75 Å². The molecule has 0 unspecified atom stereocenters. The van der Waals surface area contributed by atoms with E-state index in [1.54, 1.807) is 72.8 Å². The fraction of sp³-hybridized carbons (Fsp3) is 0.0968. The van der Waals surface area contributed by atoms with Crippen molar-refractivity contribution in [3.05, 3.63) is 113 Å². The molecule has 0 aromatic heterocycles. The van der Waals surface area contributed by atoms with Gasteiger partial charge in [-0.05, 0) is 54.6 Å². The highest BCUT2D eigenvalue weighted by Crippen LogP contribution is 2.38. The molecule has 0 aliphatic heterocycles. The van der Waals surface area contributed by atoms with Crippen LogP contribution in [-0.4, -0.2) is 45.3 Å². The number of nitrogens with one attached hydrogen (secondary N) is 2. The third kappa shape index (κ3) is 7.07. The molecule has 2 amide bonds. The lowest BCUT2D eigenvalue weighted by Gasteiger charge is -2.14. The van der Waals surface area contributed by atoms with Gasteiger partial charge in [-0.3, -0.25) is 9.59 Å². The molecule has 0 spiro atoms. The number of anilines is 1. The van der Waals surface area contributed by atoms with Crippen LogP contribution in [0.3, 0.4) is 0 Å². The summed E-state index contributed by atoms with van der Waals surface area (Å²) in [4.78, 5) is 38.1. The summed E-state index contributed by atoms with van der Waals surface area (Å²) in [5, 5.41) is 6.77. The maximum Gasteiger partial charge on any atom is 0.343 e. The van der Waals surface area contributed by atoms with Crippen LogP contribution in [0.2, 0.25) is 0 Å². The molecule has 4 aromatic carbocycles. The number of methoxy groups -OCH3 is 3. The minimum atomic E-state index is -0.513. The Bertz CT molecular complexity index is 1560. The lowest BCUT2D eigenvalue weighted by atomic mass is 10.1. The molecular weight excluding hydrogens is 526 g/mol. The molecule has 2 N–H and O–H groups in total. The van der Waals surface area contributed by atoms with Crippen LogP contribution in [-0.2, 0) is 0 Å². The number of para-hydroxylation sites is 1. The van der Waals surface area contributed by atoms with E-state index in [1.165, 1.54) is 45.7 Å². The van der Waals surface area contributed by atoms with E-state index < -0.39 is 17.8 Å². The summed E-state index contributed by atoms with van der Waals surface area (Å²) in [5.74, 6) is -0.149. The van der Waals surface area contributed by atoms with Gasteiger partial charge in [-0.2, -0.15) is 5.10 Å². The minimum Gasteiger partial charge on any atom is -0.493 e. The number of hydrogen-bond donors (Lipinski definition) is 2. The monoisotopic (exact) mass is 553 g/mol. The highest BCUT2D eigenvalue weighted by atomic mass is 16.5. The smallest absolute Gasteiger partial charge is 0.343 e. The number of ether oxygens (including phenoxy) is 4. The fourth-order valence-electron chi connectivity index (χ4n) is 3.79. The first-order valence-corrected chi connectivity index (χ1v) is 12.3. The lowest BCUT2D eigenvalue weighted by Crippen LogP contribution is -2.18. The van der Waals surface area contributed by atoms with Crippen molar-refractivity contribution >= 4 is 29.7 Å². The van der Waals surface area contributed by atoms with Crippen molar-refractivity contribution in [3.8, 4) is 23.0 Å². The quantitative estimate of drug-likeness (QED) is 0.123. The second kappa shape index (κ2) is 13.4. The Morgan fingerprint density at radius 2 is 1.32 bits per heavy atom. The van der Waals surface area contributed by atoms with E-state index in [4.69, 9.17) is 18.9 Å². The third-order valence-corrected chi connectivity index (χ3v) is 5.81. The third-order valence-electron chi connectivity index (χ3n) is 5.81. The van der Waals surface area contributed by atoms with Gasteiger partial charge in [-0.15, -0.1) is 0 Å². The van der Waals surface area contributed by atoms with Crippen LogP contribution >= 0.6 is 0 Å². The molecule has 4 aromatic rings. The highest BCUT2D eigenvalue weighted by molar-refractivity contribution is 6.06. The summed E-state index contributed by atoms with van der Waals surface area (Å²) in [6.07, 6.45) is 1.38. The zero-order chi connectivity index (χ0) is 29.2. The van der Waals surface area contributed by atoms with Crippen LogP contribution < -0.4 is 29.7 Å². The first kappa shape index (κ1) is 28.4. The normalized spacial score (nSPS) is 10.5. The fourth-order valence-corrected chi connectivity index (χ4v) is 3.79.